The van der Waals surface area contributed by atoms with Gasteiger partial charge in [0.2, 0.25) is 10.0 Å². The lowest BCUT2D eigenvalue weighted by Gasteiger charge is -2.07. The van der Waals surface area contributed by atoms with Gasteiger partial charge < -0.3 is 14.8 Å². The van der Waals surface area contributed by atoms with Gasteiger partial charge in [-0.3, -0.25) is 4.79 Å². The van der Waals surface area contributed by atoms with Crippen LogP contribution in [0.15, 0.2) is 41.3 Å². The monoisotopic (exact) mass is 488 g/mol. The lowest BCUT2D eigenvalue weighted by atomic mass is 10.2. The Morgan fingerprint density at radius 3 is 2.37 bits per heavy atom. The minimum atomic E-state index is -3.83. The maximum atomic E-state index is 12.4. The Labute approximate surface area is 185 Å². The number of nitrogens with two attached hydrogens (primary N) is 1. The van der Waals surface area contributed by atoms with Crippen LogP contribution in [0.4, 0.5) is 5.69 Å². The standard InChI is InChI=1S/C18H14Cl2N2O6S2/c1-27-12-7-6-11-14(19)17(29-16(11)15(12)20)18(24)28-8-13(23)22-9-2-4-10(5-3-9)30(21,25)26/h2-7H,8H2,1H3,(H,22,23)(H2,21,25,26). The van der Waals surface area contributed by atoms with Crippen LogP contribution in [0.2, 0.25) is 10.0 Å². The number of benzene rings is 2. The first-order valence-electron chi connectivity index (χ1n) is 8.16. The lowest BCUT2D eigenvalue weighted by molar-refractivity contribution is -0.119. The summed E-state index contributed by atoms with van der Waals surface area (Å²) in [6, 6.07) is 8.51. The van der Waals surface area contributed by atoms with Gasteiger partial charge in [-0.05, 0) is 36.4 Å². The predicted molar refractivity (Wildman–Crippen MR) is 115 cm³/mol. The molecule has 0 aliphatic heterocycles. The van der Waals surface area contributed by atoms with Gasteiger partial charge in [0.1, 0.15) is 15.6 Å². The zero-order valence-electron chi connectivity index (χ0n) is 15.3. The highest BCUT2D eigenvalue weighted by Gasteiger charge is 2.22. The maximum Gasteiger partial charge on any atom is 0.350 e. The van der Waals surface area contributed by atoms with Crippen LogP contribution >= 0.6 is 34.5 Å². The first-order valence-corrected chi connectivity index (χ1v) is 11.3. The Morgan fingerprint density at radius 1 is 1.10 bits per heavy atom. The van der Waals surface area contributed by atoms with Crippen LogP contribution in [0, 0.1) is 0 Å². The molecule has 2 aromatic carbocycles. The Bertz CT molecular complexity index is 1240. The molecule has 0 saturated heterocycles. The number of ether oxygens (including phenoxy) is 2. The minimum Gasteiger partial charge on any atom is -0.495 e. The zero-order valence-corrected chi connectivity index (χ0v) is 18.4. The molecular formula is C18H14Cl2N2O6S2. The summed E-state index contributed by atoms with van der Waals surface area (Å²) < 4.78 is 33.2. The van der Waals surface area contributed by atoms with Gasteiger partial charge in [0, 0.05) is 11.1 Å². The van der Waals surface area contributed by atoms with Crippen molar-refractivity contribution in [3.63, 3.8) is 0 Å². The van der Waals surface area contributed by atoms with Crippen LogP contribution in [0.1, 0.15) is 9.67 Å². The van der Waals surface area contributed by atoms with E-state index in [9.17, 15) is 18.0 Å². The van der Waals surface area contributed by atoms with E-state index in [0.29, 0.717) is 26.5 Å². The molecule has 0 aliphatic carbocycles. The normalized spacial score (nSPS) is 11.3. The average Bonchev–Trinajstić information content (AvgIpc) is 3.04. The Hall–Kier alpha value is -2.37. The third-order valence-corrected chi connectivity index (χ3v) is 7.03. The second kappa shape index (κ2) is 8.78. The van der Waals surface area contributed by atoms with Gasteiger partial charge >= 0.3 is 5.97 Å². The fourth-order valence-electron chi connectivity index (χ4n) is 2.49. The predicted octanol–water partition coefficient (Wildman–Crippen LogP) is 3.66. The lowest BCUT2D eigenvalue weighted by Crippen LogP contribution is -2.20. The fourth-order valence-corrected chi connectivity index (χ4v) is 4.79. The summed E-state index contributed by atoms with van der Waals surface area (Å²) in [6.45, 7) is -0.572. The molecule has 8 nitrogen and oxygen atoms in total. The molecule has 0 saturated carbocycles. The zero-order chi connectivity index (χ0) is 22.1. The maximum absolute atomic E-state index is 12.4. The molecule has 0 aliphatic rings. The van der Waals surface area contributed by atoms with Crippen molar-refractivity contribution in [3.05, 3.63) is 51.3 Å². The van der Waals surface area contributed by atoms with Gasteiger partial charge in [0.25, 0.3) is 5.91 Å². The number of esters is 1. The van der Waals surface area contributed by atoms with E-state index in [1.54, 1.807) is 12.1 Å². The van der Waals surface area contributed by atoms with Gasteiger partial charge in [-0.1, -0.05) is 23.2 Å². The van der Waals surface area contributed by atoms with Gasteiger partial charge in [0.05, 0.1) is 21.7 Å². The van der Waals surface area contributed by atoms with E-state index in [0.717, 1.165) is 11.3 Å². The number of carbonyl (C=O) groups is 2. The quantitative estimate of drug-likeness (QED) is 0.510. The molecule has 3 aromatic rings. The number of primary sulfonamides is 1. The number of carbonyl (C=O) groups excluding carboxylic acids is 2. The molecule has 0 bridgehead atoms. The van der Waals surface area contributed by atoms with E-state index in [1.807, 2.05) is 0 Å². The highest BCUT2D eigenvalue weighted by atomic mass is 35.5. The number of fused-ring (bicyclic) bond motifs is 1. The Kier molecular flexibility index (Phi) is 6.53. The topological polar surface area (TPSA) is 125 Å². The molecule has 158 valence electrons. The van der Waals surface area contributed by atoms with E-state index in [-0.39, 0.29) is 14.8 Å². The van der Waals surface area contributed by atoms with Crippen molar-refractivity contribution < 1.29 is 27.5 Å². The van der Waals surface area contributed by atoms with Crippen molar-refractivity contribution in [1.82, 2.24) is 0 Å². The van der Waals surface area contributed by atoms with Crippen molar-refractivity contribution in [3.8, 4) is 5.75 Å². The molecule has 1 heterocycles. The van der Waals surface area contributed by atoms with Gasteiger partial charge in [0.15, 0.2) is 6.61 Å². The number of methoxy groups -OCH3 is 1. The van der Waals surface area contributed by atoms with Crippen LogP contribution in [-0.2, 0) is 19.6 Å². The largest absolute Gasteiger partial charge is 0.495 e. The third-order valence-electron chi connectivity index (χ3n) is 3.91. The van der Waals surface area contributed by atoms with Crippen molar-refractivity contribution >= 4 is 72.2 Å². The molecule has 0 spiro atoms. The van der Waals surface area contributed by atoms with Crippen molar-refractivity contribution in [2.75, 3.05) is 19.0 Å². The summed E-state index contributed by atoms with van der Waals surface area (Å²) in [4.78, 5) is 24.4. The van der Waals surface area contributed by atoms with E-state index in [1.165, 1.54) is 31.4 Å². The molecule has 0 fully saturated rings. The number of hydrogen-bond donors (Lipinski definition) is 2. The second-order valence-electron chi connectivity index (χ2n) is 5.90. The van der Waals surface area contributed by atoms with Crippen LogP contribution in [0.5, 0.6) is 5.75 Å². The summed E-state index contributed by atoms with van der Waals surface area (Å²) >= 11 is 13.5. The molecule has 3 rings (SSSR count). The molecule has 0 radical (unpaired) electrons. The Balaban J connectivity index is 1.67. The van der Waals surface area contributed by atoms with E-state index in [2.05, 4.69) is 5.32 Å². The number of amides is 1. The fraction of sp³-hybridized carbons (Fsp3) is 0.111. The number of halogens is 2. The van der Waals surface area contributed by atoms with Crippen molar-refractivity contribution in [2.24, 2.45) is 5.14 Å². The first kappa shape index (κ1) is 22.3. The number of anilines is 1. The molecule has 12 heteroatoms. The Morgan fingerprint density at radius 2 is 1.77 bits per heavy atom. The van der Waals surface area contributed by atoms with Crippen LogP contribution in [0.3, 0.4) is 0 Å². The van der Waals surface area contributed by atoms with Crippen molar-refractivity contribution in [1.29, 1.82) is 0 Å². The first-order chi connectivity index (χ1) is 14.1. The molecule has 0 unspecified atom stereocenters. The number of hydrogen-bond acceptors (Lipinski definition) is 7. The summed E-state index contributed by atoms with van der Waals surface area (Å²) in [5.41, 5.74) is 0.308. The highest BCUT2D eigenvalue weighted by Crippen LogP contribution is 2.43. The number of nitrogens with one attached hydrogen (secondary N) is 1. The van der Waals surface area contributed by atoms with E-state index < -0.39 is 28.5 Å². The smallest absolute Gasteiger partial charge is 0.350 e. The summed E-state index contributed by atoms with van der Waals surface area (Å²) in [5, 5.41) is 8.55. The minimum absolute atomic E-state index is 0.0957. The van der Waals surface area contributed by atoms with E-state index >= 15 is 0 Å². The summed E-state index contributed by atoms with van der Waals surface area (Å²) in [6.07, 6.45) is 0. The summed E-state index contributed by atoms with van der Waals surface area (Å²) in [5.74, 6) is -0.963. The average molecular weight is 489 g/mol. The number of rotatable bonds is 6. The van der Waals surface area contributed by atoms with Crippen LogP contribution in [0.25, 0.3) is 10.1 Å². The molecule has 3 N–H and O–H groups in total. The van der Waals surface area contributed by atoms with Gasteiger partial charge in [-0.15, -0.1) is 11.3 Å². The molecule has 30 heavy (non-hydrogen) atoms. The molecule has 0 atom stereocenters. The highest BCUT2D eigenvalue weighted by molar-refractivity contribution is 7.89. The second-order valence-corrected chi connectivity index (χ2v) is 9.24. The van der Waals surface area contributed by atoms with Crippen LogP contribution < -0.4 is 15.2 Å². The summed E-state index contributed by atoms with van der Waals surface area (Å²) in [7, 11) is -2.36. The van der Waals surface area contributed by atoms with Crippen LogP contribution in [-0.4, -0.2) is 34.0 Å². The number of sulfonamides is 1. The molecular weight excluding hydrogens is 475 g/mol. The third kappa shape index (κ3) is 4.68. The van der Waals surface area contributed by atoms with Gasteiger partial charge in [-0.2, -0.15) is 0 Å². The number of thiophene rings is 1. The van der Waals surface area contributed by atoms with Crippen molar-refractivity contribution in [2.45, 2.75) is 4.90 Å². The van der Waals surface area contributed by atoms with Gasteiger partial charge in [-0.25, -0.2) is 18.4 Å². The molecule has 1 aromatic heterocycles. The van der Waals surface area contributed by atoms with E-state index in [4.69, 9.17) is 37.8 Å². The SMILES string of the molecule is COc1ccc2c(Cl)c(C(=O)OCC(=O)Nc3ccc(S(N)(=O)=O)cc3)sc2c1Cl. The molecule has 1 amide bonds.